The topological polar surface area (TPSA) is 96.4 Å². The van der Waals surface area contributed by atoms with Crippen molar-refractivity contribution < 1.29 is 19.8 Å². The molecule has 3 N–H and O–H groups in total. The molecule has 2 aliphatic rings. The fourth-order valence-corrected chi connectivity index (χ4v) is 4.92. The van der Waals surface area contributed by atoms with Crippen LogP contribution in [-0.4, -0.2) is 83.8 Å². The summed E-state index contributed by atoms with van der Waals surface area (Å²) in [4.78, 5) is 31.6. The molecule has 9 heteroatoms. The van der Waals surface area contributed by atoms with Gasteiger partial charge in [-0.05, 0) is 55.3 Å². The highest BCUT2D eigenvalue weighted by Gasteiger charge is 2.38. The molecule has 2 aromatic carbocycles. The zero-order valence-electron chi connectivity index (χ0n) is 19.9. The normalized spacial score (nSPS) is 20.5. The smallest absolute Gasteiger partial charge is 0.255 e. The van der Waals surface area contributed by atoms with Gasteiger partial charge in [-0.3, -0.25) is 9.59 Å². The quantitative estimate of drug-likeness (QED) is 0.536. The van der Waals surface area contributed by atoms with Crippen molar-refractivity contribution in [3.05, 3.63) is 64.7 Å². The Balaban J connectivity index is 1.30. The monoisotopic (exact) mass is 500 g/mol. The third-order valence-corrected chi connectivity index (χ3v) is 7.10. The predicted octanol–water partition coefficient (Wildman–Crippen LogP) is 1.79. The van der Waals surface area contributed by atoms with Crippen molar-refractivity contribution in [2.75, 3.05) is 44.7 Å². The Morgan fingerprint density at radius 1 is 1.03 bits per heavy atom. The number of hydrogen-bond donors (Lipinski definition) is 3. The second-order valence-electron chi connectivity index (χ2n) is 9.31. The van der Waals surface area contributed by atoms with E-state index in [0.717, 1.165) is 55.8 Å². The van der Waals surface area contributed by atoms with E-state index >= 15 is 0 Å². The highest BCUT2D eigenvalue weighted by molar-refractivity contribution is 6.30. The Kier molecular flexibility index (Phi) is 8.28. The summed E-state index contributed by atoms with van der Waals surface area (Å²) in [7, 11) is 2.12. The van der Waals surface area contributed by atoms with Crippen molar-refractivity contribution >= 4 is 29.1 Å². The van der Waals surface area contributed by atoms with Crippen LogP contribution in [0.4, 0.5) is 5.69 Å². The number of halogens is 1. The number of anilines is 1. The van der Waals surface area contributed by atoms with E-state index in [0.29, 0.717) is 11.6 Å². The van der Waals surface area contributed by atoms with Crippen LogP contribution in [0.25, 0.3) is 0 Å². The number of likely N-dealkylation sites (N-methyl/N-ethyl adjacent to an activating group) is 1. The molecule has 2 heterocycles. The van der Waals surface area contributed by atoms with Gasteiger partial charge in [0, 0.05) is 50.0 Å². The van der Waals surface area contributed by atoms with E-state index in [2.05, 4.69) is 22.2 Å². The van der Waals surface area contributed by atoms with Gasteiger partial charge in [0.05, 0.1) is 6.04 Å². The predicted molar refractivity (Wildman–Crippen MR) is 135 cm³/mol. The van der Waals surface area contributed by atoms with Crippen molar-refractivity contribution in [3.8, 4) is 0 Å². The summed E-state index contributed by atoms with van der Waals surface area (Å²) in [5, 5.41) is 24.1. The van der Waals surface area contributed by atoms with Gasteiger partial charge in [-0.15, -0.1) is 0 Å². The molecule has 0 aliphatic carbocycles. The second-order valence-corrected chi connectivity index (χ2v) is 9.75. The Bertz CT molecular complexity index is 1030. The molecule has 0 aromatic heterocycles. The number of piperazine rings is 1. The summed E-state index contributed by atoms with van der Waals surface area (Å²) in [5.41, 5.74) is 2.87. The molecule has 3 atom stereocenters. The highest BCUT2D eigenvalue weighted by atomic mass is 35.5. The zero-order valence-corrected chi connectivity index (χ0v) is 20.7. The van der Waals surface area contributed by atoms with E-state index in [9.17, 15) is 19.8 Å². The zero-order chi connectivity index (χ0) is 24.9. The average Bonchev–Trinajstić information content (AvgIpc) is 3.37. The standard InChI is InChI=1S/C26H33ClN4O4/c1-29-12-14-30(15-13-29)21-9-7-18(8-10-21)17-28-25(34)23(32)24(33)26(35)31-11-3-6-22(31)19-4-2-5-20(27)16-19/h2,4-5,7-10,16,22-24,32-33H,3,6,11-15,17H2,1H3,(H,28,34)/t22?,23-,24-/m1/s1. The van der Waals surface area contributed by atoms with Gasteiger partial charge in [-0.1, -0.05) is 35.9 Å². The molecular formula is C26H33ClN4O4. The first-order chi connectivity index (χ1) is 16.8. The number of amides is 2. The van der Waals surface area contributed by atoms with E-state index in [-0.39, 0.29) is 12.6 Å². The number of aliphatic hydroxyl groups excluding tert-OH is 2. The summed E-state index contributed by atoms with van der Waals surface area (Å²) in [6, 6.07) is 14.9. The molecular weight excluding hydrogens is 468 g/mol. The number of nitrogens with one attached hydrogen (secondary N) is 1. The van der Waals surface area contributed by atoms with Gasteiger partial charge in [0.25, 0.3) is 11.8 Å². The van der Waals surface area contributed by atoms with Crippen molar-refractivity contribution in [1.29, 1.82) is 0 Å². The molecule has 0 bridgehead atoms. The first-order valence-corrected chi connectivity index (χ1v) is 12.4. The first kappa shape index (κ1) is 25.4. The molecule has 4 rings (SSSR count). The summed E-state index contributed by atoms with van der Waals surface area (Å²) < 4.78 is 0. The lowest BCUT2D eigenvalue weighted by Gasteiger charge is -2.34. The molecule has 2 fully saturated rings. The molecule has 0 saturated carbocycles. The fourth-order valence-electron chi connectivity index (χ4n) is 4.72. The third-order valence-electron chi connectivity index (χ3n) is 6.86. The molecule has 2 saturated heterocycles. The minimum absolute atomic E-state index is 0.189. The maximum absolute atomic E-state index is 12.9. The largest absolute Gasteiger partial charge is 0.380 e. The lowest BCUT2D eigenvalue weighted by molar-refractivity contribution is -0.153. The van der Waals surface area contributed by atoms with Crippen LogP contribution in [0.15, 0.2) is 48.5 Å². The molecule has 188 valence electrons. The number of aliphatic hydroxyl groups is 2. The van der Waals surface area contributed by atoms with Gasteiger partial charge in [-0.2, -0.15) is 0 Å². The van der Waals surface area contributed by atoms with Crippen LogP contribution >= 0.6 is 11.6 Å². The van der Waals surface area contributed by atoms with Gasteiger partial charge in [0.1, 0.15) is 0 Å². The van der Waals surface area contributed by atoms with Crippen LogP contribution in [0.2, 0.25) is 5.02 Å². The molecule has 8 nitrogen and oxygen atoms in total. The lowest BCUT2D eigenvalue weighted by Crippen LogP contribution is -2.50. The maximum atomic E-state index is 12.9. The molecule has 0 radical (unpaired) electrons. The number of rotatable bonds is 7. The minimum atomic E-state index is -1.85. The molecule has 2 aromatic rings. The number of carbonyl (C=O) groups excluding carboxylic acids is 2. The number of hydrogen-bond acceptors (Lipinski definition) is 6. The SMILES string of the molecule is CN1CCN(c2ccc(CNC(=O)[C@H](O)[C@@H](O)C(=O)N3CCCC3c3cccc(Cl)c3)cc2)CC1. The number of benzene rings is 2. The number of likely N-dealkylation sites (tertiary alicyclic amines) is 1. The van der Waals surface area contributed by atoms with Crippen molar-refractivity contribution in [2.45, 2.75) is 37.6 Å². The lowest BCUT2D eigenvalue weighted by atomic mass is 10.0. The molecule has 1 unspecified atom stereocenters. The van der Waals surface area contributed by atoms with Crippen LogP contribution in [-0.2, 0) is 16.1 Å². The molecule has 0 spiro atoms. The maximum Gasteiger partial charge on any atom is 0.255 e. The first-order valence-electron chi connectivity index (χ1n) is 12.1. The number of carbonyl (C=O) groups is 2. The second kappa shape index (κ2) is 11.4. The van der Waals surface area contributed by atoms with Crippen molar-refractivity contribution in [3.63, 3.8) is 0 Å². The van der Waals surface area contributed by atoms with Crippen LogP contribution in [0.5, 0.6) is 0 Å². The minimum Gasteiger partial charge on any atom is -0.380 e. The van der Waals surface area contributed by atoms with E-state index in [1.54, 1.807) is 12.1 Å². The van der Waals surface area contributed by atoms with Crippen LogP contribution in [0.1, 0.15) is 30.0 Å². The Hall–Kier alpha value is -2.65. The van der Waals surface area contributed by atoms with E-state index in [1.807, 2.05) is 36.4 Å². The van der Waals surface area contributed by atoms with Gasteiger partial charge in [0.2, 0.25) is 0 Å². The Labute approximate surface area is 211 Å². The average molecular weight is 501 g/mol. The van der Waals surface area contributed by atoms with Gasteiger partial charge >= 0.3 is 0 Å². The van der Waals surface area contributed by atoms with Gasteiger partial charge in [-0.25, -0.2) is 0 Å². The van der Waals surface area contributed by atoms with Crippen molar-refractivity contribution in [1.82, 2.24) is 15.1 Å². The molecule has 2 amide bonds. The van der Waals surface area contributed by atoms with Gasteiger partial charge in [0.15, 0.2) is 12.2 Å². The summed E-state index contributed by atoms with van der Waals surface area (Å²) in [6.07, 6.45) is -2.20. The van der Waals surface area contributed by atoms with Crippen LogP contribution in [0, 0.1) is 0 Å². The number of nitrogens with zero attached hydrogens (tertiary/aromatic N) is 3. The summed E-state index contributed by atoms with van der Waals surface area (Å²) in [5.74, 6) is -1.45. The summed E-state index contributed by atoms with van der Waals surface area (Å²) in [6.45, 7) is 4.62. The van der Waals surface area contributed by atoms with Gasteiger partial charge < -0.3 is 30.2 Å². The molecule has 2 aliphatic heterocycles. The Morgan fingerprint density at radius 2 is 1.74 bits per heavy atom. The van der Waals surface area contributed by atoms with Crippen molar-refractivity contribution in [2.24, 2.45) is 0 Å². The van der Waals surface area contributed by atoms with E-state index in [4.69, 9.17) is 11.6 Å². The third kappa shape index (κ3) is 6.13. The molecule has 35 heavy (non-hydrogen) atoms. The highest BCUT2D eigenvalue weighted by Crippen LogP contribution is 2.33. The van der Waals surface area contributed by atoms with Crippen LogP contribution < -0.4 is 10.2 Å². The Morgan fingerprint density at radius 3 is 2.43 bits per heavy atom. The van der Waals surface area contributed by atoms with Crippen LogP contribution in [0.3, 0.4) is 0 Å². The van der Waals surface area contributed by atoms with E-state index in [1.165, 1.54) is 4.90 Å². The summed E-state index contributed by atoms with van der Waals surface area (Å²) >= 11 is 6.09. The van der Waals surface area contributed by atoms with E-state index < -0.39 is 24.0 Å². The fraction of sp³-hybridized carbons (Fsp3) is 0.462.